The predicted molar refractivity (Wildman–Crippen MR) is 100 cm³/mol. The molecule has 0 fully saturated rings. The molecule has 28 heavy (non-hydrogen) atoms. The molecule has 0 spiro atoms. The van der Waals surface area contributed by atoms with E-state index < -0.39 is 18.1 Å². The first-order chi connectivity index (χ1) is 13.3. The molecule has 6 nitrogen and oxygen atoms in total. The number of fused-ring (bicyclic) bond motifs is 1. The maximum atomic E-state index is 13.6. The molecule has 0 radical (unpaired) electrons. The summed E-state index contributed by atoms with van der Waals surface area (Å²) in [6, 6.07) is 7.66. The van der Waals surface area contributed by atoms with Gasteiger partial charge < -0.3 is 10.2 Å². The Morgan fingerprint density at radius 3 is 2.50 bits per heavy atom. The van der Waals surface area contributed by atoms with Gasteiger partial charge in [0, 0.05) is 16.6 Å². The predicted octanol–water partition coefficient (Wildman–Crippen LogP) is 3.48. The summed E-state index contributed by atoms with van der Waals surface area (Å²) in [4.78, 5) is 5.86. The highest BCUT2D eigenvalue weighted by molar-refractivity contribution is 9.10. The fraction of sp³-hybridized carbons (Fsp3) is 0.333. The minimum atomic E-state index is -4.66. The standard InChI is InChI=1S/C18H18BrF3N4O2/c1-2-25(7-8-27)17(28)13-10-23-26-15(18(20,21)22)9-14(24-16(13)26)11-3-5-12(19)6-4-11/h3-6,9-10,17,27-28H,2,7-8H2,1H3. The van der Waals surface area contributed by atoms with E-state index in [0.717, 1.165) is 10.5 Å². The lowest BCUT2D eigenvalue weighted by molar-refractivity contribution is -0.142. The van der Waals surface area contributed by atoms with E-state index >= 15 is 0 Å². The molecule has 10 heteroatoms. The highest BCUT2D eigenvalue weighted by Crippen LogP contribution is 2.34. The van der Waals surface area contributed by atoms with Crippen LogP contribution in [0.15, 0.2) is 41.0 Å². The van der Waals surface area contributed by atoms with Crippen LogP contribution in [-0.2, 0) is 6.18 Å². The third kappa shape index (κ3) is 4.04. The minimum absolute atomic E-state index is 0.0865. The molecule has 0 aliphatic heterocycles. The summed E-state index contributed by atoms with van der Waals surface area (Å²) in [5.41, 5.74) is -0.317. The number of aromatic nitrogens is 3. The average Bonchev–Trinajstić information content (AvgIpc) is 3.08. The monoisotopic (exact) mass is 458 g/mol. The topological polar surface area (TPSA) is 73.9 Å². The van der Waals surface area contributed by atoms with E-state index in [1.165, 1.54) is 11.1 Å². The van der Waals surface area contributed by atoms with Gasteiger partial charge in [-0.2, -0.15) is 18.3 Å². The van der Waals surface area contributed by atoms with E-state index in [4.69, 9.17) is 5.11 Å². The Labute approximate surface area is 167 Å². The van der Waals surface area contributed by atoms with Crippen molar-refractivity contribution in [3.63, 3.8) is 0 Å². The molecule has 150 valence electrons. The third-order valence-electron chi connectivity index (χ3n) is 4.35. The lowest BCUT2D eigenvalue weighted by atomic mass is 10.1. The summed E-state index contributed by atoms with van der Waals surface area (Å²) in [7, 11) is 0. The van der Waals surface area contributed by atoms with Crippen molar-refractivity contribution < 1.29 is 23.4 Å². The second-order valence-electron chi connectivity index (χ2n) is 6.09. The second kappa shape index (κ2) is 8.16. The van der Waals surface area contributed by atoms with Crippen LogP contribution in [0.4, 0.5) is 13.2 Å². The fourth-order valence-electron chi connectivity index (χ4n) is 2.91. The molecule has 0 saturated heterocycles. The summed E-state index contributed by atoms with van der Waals surface area (Å²) in [6.45, 7) is 2.12. The zero-order valence-electron chi connectivity index (χ0n) is 14.9. The average molecular weight is 459 g/mol. The number of aliphatic hydroxyl groups is 2. The molecule has 0 bridgehead atoms. The van der Waals surface area contributed by atoms with Gasteiger partial charge >= 0.3 is 6.18 Å². The lowest BCUT2D eigenvalue weighted by Crippen LogP contribution is -2.31. The zero-order valence-corrected chi connectivity index (χ0v) is 16.4. The number of likely N-dealkylation sites (N-methyl/N-ethyl adjacent to an activating group) is 1. The normalized spacial score (nSPS) is 13.4. The Balaban J connectivity index is 2.20. The van der Waals surface area contributed by atoms with Crippen molar-refractivity contribution in [2.45, 2.75) is 19.3 Å². The molecular formula is C18H18BrF3N4O2. The molecular weight excluding hydrogens is 441 g/mol. The number of halogens is 4. The molecule has 0 amide bonds. The van der Waals surface area contributed by atoms with E-state index in [-0.39, 0.29) is 30.1 Å². The highest BCUT2D eigenvalue weighted by atomic mass is 79.9. The van der Waals surface area contributed by atoms with Crippen LogP contribution >= 0.6 is 15.9 Å². The number of aliphatic hydroxyl groups excluding tert-OH is 2. The second-order valence-corrected chi connectivity index (χ2v) is 7.01. The van der Waals surface area contributed by atoms with E-state index in [0.29, 0.717) is 16.6 Å². The summed E-state index contributed by atoms with van der Waals surface area (Å²) in [6.07, 6.45) is -4.73. The third-order valence-corrected chi connectivity index (χ3v) is 4.88. The Morgan fingerprint density at radius 2 is 1.93 bits per heavy atom. The largest absolute Gasteiger partial charge is 0.433 e. The molecule has 3 aromatic rings. The smallest absolute Gasteiger partial charge is 0.395 e. The van der Waals surface area contributed by atoms with Crippen molar-refractivity contribution in [2.75, 3.05) is 19.7 Å². The van der Waals surface area contributed by atoms with Gasteiger partial charge in [-0.05, 0) is 24.7 Å². The van der Waals surface area contributed by atoms with Crippen LogP contribution in [0.25, 0.3) is 16.9 Å². The molecule has 0 aliphatic rings. The molecule has 1 atom stereocenters. The van der Waals surface area contributed by atoms with Crippen molar-refractivity contribution in [3.8, 4) is 11.3 Å². The summed E-state index contributed by atoms with van der Waals surface area (Å²) in [5.74, 6) is 0. The van der Waals surface area contributed by atoms with Crippen molar-refractivity contribution in [3.05, 3.63) is 52.3 Å². The van der Waals surface area contributed by atoms with Crippen molar-refractivity contribution >= 4 is 21.6 Å². The first-order valence-corrected chi connectivity index (χ1v) is 9.30. The van der Waals surface area contributed by atoms with Gasteiger partial charge in [-0.15, -0.1) is 0 Å². The maximum Gasteiger partial charge on any atom is 0.433 e. The van der Waals surface area contributed by atoms with E-state index in [1.54, 1.807) is 31.2 Å². The maximum absolute atomic E-state index is 13.6. The van der Waals surface area contributed by atoms with Gasteiger partial charge in [0.25, 0.3) is 0 Å². The first kappa shape index (κ1) is 20.7. The van der Waals surface area contributed by atoms with Gasteiger partial charge in [0.2, 0.25) is 0 Å². The number of hydrogen-bond donors (Lipinski definition) is 2. The molecule has 1 unspecified atom stereocenters. The first-order valence-electron chi connectivity index (χ1n) is 8.51. The SMILES string of the molecule is CCN(CCO)C(O)c1cnn2c(C(F)(F)F)cc(-c3ccc(Br)cc3)nc12. The van der Waals surface area contributed by atoms with Gasteiger partial charge in [-0.3, -0.25) is 4.90 Å². The van der Waals surface area contributed by atoms with Crippen molar-refractivity contribution in [1.82, 2.24) is 19.5 Å². The Hall–Kier alpha value is -2.01. The number of hydrogen-bond acceptors (Lipinski definition) is 5. The van der Waals surface area contributed by atoms with Crippen LogP contribution in [0, 0.1) is 0 Å². The number of rotatable bonds is 6. The van der Waals surface area contributed by atoms with E-state index in [1.807, 2.05) is 0 Å². The molecule has 2 heterocycles. The summed E-state index contributed by atoms with van der Waals surface area (Å²) in [5, 5.41) is 23.6. The van der Waals surface area contributed by atoms with Gasteiger partial charge in [0.05, 0.1) is 24.1 Å². The van der Waals surface area contributed by atoms with Crippen LogP contribution in [0.5, 0.6) is 0 Å². The van der Waals surface area contributed by atoms with Crippen molar-refractivity contribution in [1.29, 1.82) is 0 Å². The fourth-order valence-corrected chi connectivity index (χ4v) is 3.18. The summed E-state index contributed by atoms with van der Waals surface area (Å²) < 4.78 is 42.4. The van der Waals surface area contributed by atoms with Gasteiger partial charge in [0.1, 0.15) is 6.23 Å². The summed E-state index contributed by atoms with van der Waals surface area (Å²) >= 11 is 3.29. The number of benzene rings is 1. The molecule has 2 N–H and O–H groups in total. The minimum Gasteiger partial charge on any atom is -0.395 e. The molecule has 0 saturated carbocycles. The van der Waals surface area contributed by atoms with E-state index in [9.17, 15) is 18.3 Å². The van der Waals surface area contributed by atoms with Gasteiger partial charge in [-0.25, -0.2) is 9.50 Å². The van der Waals surface area contributed by atoms with Gasteiger partial charge in [-0.1, -0.05) is 35.0 Å². The number of alkyl halides is 3. The Morgan fingerprint density at radius 1 is 1.25 bits per heavy atom. The van der Waals surface area contributed by atoms with Crippen LogP contribution in [-0.4, -0.2) is 49.4 Å². The quantitative estimate of drug-likeness (QED) is 0.553. The molecule has 3 rings (SSSR count). The molecule has 1 aromatic carbocycles. The van der Waals surface area contributed by atoms with Crippen molar-refractivity contribution in [2.24, 2.45) is 0 Å². The lowest BCUT2D eigenvalue weighted by Gasteiger charge is -2.25. The molecule has 0 aliphatic carbocycles. The Bertz CT molecular complexity index is 960. The highest BCUT2D eigenvalue weighted by Gasteiger charge is 2.36. The van der Waals surface area contributed by atoms with Crippen LogP contribution < -0.4 is 0 Å². The number of nitrogens with zero attached hydrogens (tertiary/aromatic N) is 4. The van der Waals surface area contributed by atoms with Crippen LogP contribution in [0.1, 0.15) is 24.4 Å². The van der Waals surface area contributed by atoms with Crippen LogP contribution in [0.3, 0.4) is 0 Å². The molecule has 2 aromatic heterocycles. The van der Waals surface area contributed by atoms with E-state index in [2.05, 4.69) is 26.0 Å². The zero-order chi connectivity index (χ0) is 20.5. The van der Waals surface area contributed by atoms with Gasteiger partial charge in [0.15, 0.2) is 11.3 Å². The Kier molecular flexibility index (Phi) is 6.04. The van der Waals surface area contributed by atoms with Crippen LogP contribution in [0.2, 0.25) is 0 Å².